The first-order valence-electron chi connectivity index (χ1n) is 6.29. The molecule has 0 atom stereocenters. The van der Waals surface area contributed by atoms with Crippen LogP contribution in [0.4, 0.5) is 5.69 Å². The van der Waals surface area contributed by atoms with Crippen molar-refractivity contribution >= 4 is 23.5 Å². The molecule has 0 spiro atoms. The van der Waals surface area contributed by atoms with E-state index in [2.05, 4.69) is 10.1 Å². The van der Waals surface area contributed by atoms with Crippen molar-refractivity contribution in [1.29, 1.82) is 0 Å². The van der Waals surface area contributed by atoms with Gasteiger partial charge in [-0.3, -0.25) is 4.79 Å². The molecule has 1 N–H and O–H groups in total. The van der Waals surface area contributed by atoms with E-state index < -0.39 is 24.5 Å². The molecule has 114 valence electrons. The molecule has 0 bridgehead atoms. The monoisotopic (exact) mass is 295 g/mol. The molecule has 0 fully saturated rings. The van der Waals surface area contributed by atoms with Gasteiger partial charge in [0, 0.05) is 6.61 Å². The van der Waals surface area contributed by atoms with Crippen LogP contribution in [0.2, 0.25) is 0 Å². The molecule has 0 aliphatic rings. The molecule has 0 aromatic heterocycles. The van der Waals surface area contributed by atoms with E-state index in [9.17, 15) is 14.4 Å². The highest BCUT2D eigenvalue weighted by Gasteiger charge is 2.14. The third kappa shape index (κ3) is 5.62. The van der Waals surface area contributed by atoms with Gasteiger partial charge in [0.05, 0.1) is 18.4 Å². The minimum Gasteiger partial charge on any atom is -0.465 e. The Morgan fingerprint density at radius 2 is 1.86 bits per heavy atom. The van der Waals surface area contributed by atoms with E-state index in [4.69, 9.17) is 9.47 Å². The molecular weight excluding hydrogens is 278 g/mol. The van der Waals surface area contributed by atoms with Gasteiger partial charge in [-0.25, -0.2) is 9.59 Å². The quantitative estimate of drug-likeness (QED) is 0.754. The molecule has 0 saturated heterocycles. The van der Waals surface area contributed by atoms with E-state index in [-0.39, 0.29) is 17.9 Å². The first-order valence-corrected chi connectivity index (χ1v) is 6.29. The number of nitrogens with one attached hydrogen (secondary N) is 1. The highest BCUT2D eigenvalue weighted by Crippen LogP contribution is 2.15. The average molecular weight is 295 g/mol. The number of hydrogen-bond acceptors (Lipinski definition) is 6. The lowest BCUT2D eigenvalue weighted by Gasteiger charge is -2.09. The number of esters is 2. The summed E-state index contributed by atoms with van der Waals surface area (Å²) < 4.78 is 14.2. The molecule has 0 aliphatic heterocycles. The van der Waals surface area contributed by atoms with Crippen LogP contribution in [-0.4, -0.2) is 44.8 Å². The standard InChI is InChI=1S/C14H17NO6/c1-3-20-9-13(17)21-8-12(16)15-11-7-5-4-6-10(11)14(18)19-2/h4-7H,3,8-9H2,1-2H3,(H,15,16). The fourth-order valence-corrected chi connectivity index (χ4v) is 1.44. The number of para-hydroxylation sites is 1. The minimum absolute atomic E-state index is 0.206. The smallest absolute Gasteiger partial charge is 0.339 e. The molecule has 0 aliphatic carbocycles. The Hall–Kier alpha value is -2.41. The van der Waals surface area contributed by atoms with E-state index in [1.165, 1.54) is 13.2 Å². The molecule has 1 rings (SSSR count). The summed E-state index contributed by atoms with van der Waals surface area (Å²) in [6.07, 6.45) is 0. The van der Waals surface area contributed by atoms with Gasteiger partial charge in [0.2, 0.25) is 0 Å². The van der Waals surface area contributed by atoms with Crippen LogP contribution in [0, 0.1) is 0 Å². The summed E-state index contributed by atoms with van der Waals surface area (Å²) in [6, 6.07) is 6.36. The van der Waals surface area contributed by atoms with E-state index in [0.29, 0.717) is 6.61 Å². The summed E-state index contributed by atoms with van der Waals surface area (Å²) in [5.74, 6) is -1.76. The Labute approximate surface area is 122 Å². The maximum Gasteiger partial charge on any atom is 0.339 e. The summed E-state index contributed by atoms with van der Waals surface area (Å²) in [7, 11) is 1.25. The zero-order valence-corrected chi connectivity index (χ0v) is 11.9. The van der Waals surface area contributed by atoms with E-state index in [0.717, 1.165) is 0 Å². The molecule has 7 heteroatoms. The lowest BCUT2D eigenvalue weighted by molar-refractivity contribution is -0.151. The van der Waals surface area contributed by atoms with Gasteiger partial charge in [0.25, 0.3) is 5.91 Å². The number of carbonyl (C=O) groups is 3. The normalized spacial score (nSPS) is 9.81. The number of ether oxygens (including phenoxy) is 3. The number of anilines is 1. The van der Waals surface area contributed by atoms with Crippen molar-refractivity contribution in [2.45, 2.75) is 6.92 Å². The first kappa shape index (κ1) is 16.6. The number of methoxy groups -OCH3 is 1. The van der Waals surface area contributed by atoms with Crippen molar-refractivity contribution in [3.63, 3.8) is 0 Å². The first-order chi connectivity index (χ1) is 10.1. The maximum atomic E-state index is 11.7. The zero-order valence-electron chi connectivity index (χ0n) is 11.9. The van der Waals surface area contributed by atoms with Gasteiger partial charge in [0.1, 0.15) is 6.61 Å². The third-order valence-electron chi connectivity index (χ3n) is 2.39. The van der Waals surface area contributed by atoms with Crippen molar-refractivity contribution < 1.29 is 28.6 Å². The number of amides is 1. The summed E-state index contributed by atoms with van der Waals surface area (Å²) in [4.78, 5) is 34.4. The van der Waals surface area contributed by atoms with Crippen LogP contribution >= 0.6 is 0 Å². The third-order valence-corrected chi connectivity index (χ3v) is 2.39. The van der Waals surface area contributed by atoms with Crippen molar-refractivity contribution in [3.8, 4) is 0 Å². The van der Waals surface area contributed by atoms with Gasteiger partial charge in [-0.05, 0) is 19.1 Å². The summed E-state index contributed by atoms with van der Waals surface area (Å²) in [6.45, 7) is 1.46. The predicted molar refractivity (Wildman–Crippen MR) is 73.9 cm³/mol. The van der Waals surface area contributed by atoms with E-state index in [1.54, 1.807) is 25.1 Å². The van der Waals surface area contributed by atoms with Gasteiger partial charge in [-0.2, -0.15) is 0 Å². The minimum atomic E-state index is -0.631. The Bertz CT molecular complexity index is 514. The number of benzene rings is 1. The fraction of sp³-hybridized carbons (Fsp3) is 0.357. The van der Waals surface area contributed by atoms with Crippen molar-refractivity contribution in [2.75, 3.05) is 32.2 Å². The topological polar surface area (TPSA) is 90.9 Å². The Morgan fingerprint density at radius 3 is 2.52 bits per heavy atom. The van der Waals surface area contributed by atoms with Crippen LogP contribution < -0.4 is 5.32 Å². The molecule has 0 radical (unpaired) electrons. The van der Waals surface area contributed by atoms with Gasteiger partial charge < -0.3 is 19.5 Å². The van der Waals surface area contributed by atoms with Crippen LogP contribution in [0.15, 0.2) is 24.3 Å². The predicted octanol–water partition coefficient (Wildman–Crippen LogP) is 0.991. The van der Waals surface area contributed by atoms with Gasteiger partial charge >= 0.3 is 11.9 Å². The zero-order chi connectivity index (χ0) is 15.7. The number of hydrogen-bond donors (Lipinski definition) is 1. The molecule has 1 aromatic rings. The molecule has 0 unspecified atom stereocenters. The second kappa shape index (κ2) is 8.70. The van der Waals surface area contributed by atoms with Gasteiger partial charge in [-0.1, -0.05) is 12.1 Å². The van der Waals surface area contributed by atoms with Gasteiger partial charge in [0.15, 0.2) is 6.61 Å². The molecule has 0 saturated carbocycles. The highest BCUT2D eigenvalue weighted by atomic mass is 16.6. The van der Waals surface area contributed by atoms with Gasteiger partial charge in [-0.15, -0.1) is 0 Å². The van der Waals surface area contributed by atoms with Crippen molar-refractivity contribution in [1.82, 2.24) is 0 Å². The van der Waals surface area contributed by atoms with E-state index >= 15 is 0 Å². The summed E-state index contributed by atoms with van der Waals surface area (Å²) in [5.41, 5.74) is 0.504. The van der Waals surface area contributed by atoms with Crippen LogP contribution in [0.1, 0.15) is 17.3 Å². The summed E-state index contributed by atoms with van der Waals surface area (Å²) >= 11 is 0. The fourth-order valence-electron chi connectivity index (χ4n) is 1.44. The SMILES string of the molecule is CCOCC(=O)OCC(=O)Nc1ccccc1C(=O)OC. The lowest BCUT2D eigenvalue weighted by atomic mass is 10.2. The van der Waals surface area contributed by atoms with Crippen LogP contribution in [0.5, 0.6) is 0 Å². The number of carbonyl (C=O) groups excluding carboxylic acids is 3. The number of rotatable bonds is 7. The Balaban J connectivity index is 2.55. The molecule has 0 heterocycles. The summed E-state index contributed by atoms with van der Waals surface area (Å²) in [5, 5.41) is 2.48. The molecule has 7 nitrogen and oxygen atoms in total. The second-order valence-electron chi connectivity index (χ2n) is 3.88. The second-order valence-corrected chi connectivity index (χ2v) is 3.88. The Morgan fingerprint density at radius 1 is 1.14 bits per heavy atom. The van der Waals surface area contributed by atoms with Crippen LogP contribution in [-0.2, 0) is 23.8 Å². The van der Waals surface area contributed by atoms with Crippen molar-refractivity contribution in [3.05, 3.63) is 29.8 Å². The largest absolute Gasteiger partial charge is 0.465 e. The molecule has 21 heavy (non-hydrogen) atoms. The maximum absolute atomic E-state index is 11.7. The molecular formula is C14H17NO6. The van der Waals surface area contributed by atoms with E-state index in [1.807, 2.05) is 0 Å². The highest BCUT2D eigenvalue weighted by molar-refractivity contribution is 6.01. The van der Waals surface area contributed by atoms with Crippen LogP contribution in [0.25, 0.3) is 0 Å². The lowest BCUT2D eigenvalue weighted by Crippen LogP contribution is -2.23. The molecule has 1 aromatic carbocycles. The average Bonchev–Trinajstić information content (AvgIpc) is 2.50. The van der Waals surface area contributed by atoms with Crippen LogP contribution in [0.3, 0.4) is 0 Å². The molecule has 1 amide bonds. The Kier molecular flexibility index (Phi) is 6.90. The van der Waals surface area contributed by atoms with Crippen molar-refractivity contribution in [2.24, 2.45) is 0 Å².